The van der Waals surface area contributed by atoms with Crippen molar-refractivity contribution in [2.45, 2.75) is 18.0 Å². The van der Waals surface area contributed by atoms with Gasteiger partial charge in [0.2, 0.25) is 10.0 Å². The second-order valence-electron chi connectivity index (χ2n) is 4.49. The summed E-state index contributed by atoms with van der Waals surface area (Å²) in [6.45, 7) is 1.66. The molecule has 0 fully saturated rings. The molecule has 0 unspecified atom stereocenters. The summed E-state index contributed by atoms with van der Waals surface area (Å²) in [7, 11) is -3.40. The highest BCUT2D eigenvalue weighted by atomic mass is 79.9. The van der Waals surface area contributed by atoms with Gasteiger partial charge in [-0.2, -0.15) is 4.31 Å². The molecule has 19 heavy (non-hydrogen) atoms. The van der Waals surface area contributed by atoms with E-state index in [0.717, 1.165) is 10.2 Å². The van der Waals surface area contributed by atoms with Crippen LogP contribution in [0.1, 0.15) is 5.69 Å². The molecule has 4 nitrogen and oxygen atoms in total. The monoisotopic (exact) mass is 340 g/mol. The van der Waals surface area contributed by atoms with E-state index >= 15 is 0 Å². The van der Waals surface area contributed by atoms with Crippen LogP contribution in [0.25, 0.3) is 0 Å². The first-order valence-electron chi connectivity index (χ1n) is 5.97. The first-order valence-corrected chi connectivity index (χ1v) is 8.20. The van der Waals surface area contributed by atoms with Crippen molar-refractivity contribution in [2.75, 3.05) is 6.54 Å². The Kier molecular flexibility index (Phi) is 3.24. The SMILES string of the molecule is O=S(=O)(c1ccc(Br)cc1)N1CCn2cccc2C1. The van der Waals surface area contributed by atoms with E-state index in [9.17, 15) is 8.42 Å². The van der Waals surface area contributed by atoms with Gasteiger partial charge >= 0.3 is 0 Å². The second kappa shape index (κ2) is 4.77. The Balaban J connectivity index is 1.92. The fourth-order valence-electron chi connectivity index (χ4n) is 2.25. The summed E-state index contributed by atoms with van der Waals surface area (Å²) < 4.78 is 29.6. The third kappa shape index (κ3) is 2.35. The number of hydrogen-bond donors (Lipinski definition) is 0. The van der Waals surface area contributed by atoms with Gasteiger partial charge in [-0.05, 0) is 36.4 Å². The van der Waals surface area contributed by atoms with Crippen LogP contribution in [0.5, 0.6) is 0 Å². The Bertz CT molecular complexity index is 692. The van der Waals surface area contributed by atoms with Gasteiger partial charge in [0.1, 0.15) is 0 Å². The Morgan fingerprint density at radius 3 is 2.53 bits per heavy atom. The highest BCUT2D eigenvalue weighted by Gasteiger charge is 2.27. The summed E-state index contributed by atoms with van der Waals surface area (Å²) in [4.78, 5) is 0.343. The minimum Gasteiger partial charge on any atom is -0.349 e. The van der Waals surface area contributed by atoms with Gasteiger partial charge in [0.25, 0.3) is 0 Å². The van der Waals surface area contributed by atoms with Gasteiger partial charge in [0.05, 0.1) is 11.4 Å². The number of rotatable bonds is 2. The molecule has 1 aromatic heterocycles. The van der Waals surface area contributed by atoms with Gasteiger partial charge in [-0.25, -0.2) is 8.42 Å². The number of fused-ring (bicyclic) bond motifs is 1. The number of benzene rings is 1. The highest BCUT2D eigenvalue weighted by Crippen LogP contribution is 2.23. The molecule has 6 heteroatoms. The maximum atomic E-state index is 12.5. The number of nitrogens with zero attached hydrogens (tertiary/aromatic N) is 2. The van der Waals surface area contributed by atoms with Crippen LogP contribution in [-0.2, 0) is 23.1 Å². The van der Waals surface area contributed by atoms with Crippen LogP contribution < -0.4 is 0 Å². The smallest absolute Gasteiger partial charge is 0.243 e. The van der Waals surface area contributed by atoms with Crippen LogP contribution in [0.3, 0.4) is 0 Å². The molecular formula is C13H13BrN2O2S. The molecule has 0 amide bonds. The first kappa shape index (κ1) is 12.9. The summed E-state index contributed by atoms with van der Waals surface area (Å²) in [5.74, 6) is 0. The number of hydrogen-bond acceptors (Lipinski definition) is 2. The molecule has 3 rings (SSSR count). The lowest BCUT2D eigenvalue weighted by molar-refractivity contribution is 0.341. The molecular weight excluding hydrogens is 328 g/mol. The first-order chi connectivity index (χ1) is 9.07. The molecule has 2 aromatic rings. The van der Waals surface area contributed by atoms with Crippen molar-refractivity contribution in [3.05, 3.63) is 52.8 Å². The van der Waals surface area contributed by atoms with Crippen molar-refractivity contribution < 1.29 is 8.42 Å². The second-order valence-corrected chi connectivity index (χ2v) is 7.34. The van der Waals surface area contributed by atoms with E-state index in [2.05, 4.69) is 20.5 Å². The maximum Gasteiger partial charge on any atom is 0.243 e. The van der Waals surface area contributed by atoms with Gasteiger partial charge in [-0.1, -0.05) is 15.9 Å². The van der Waals surface area contributed by atoms with E-state index < -0.39 is 10.0 Å². The minimum absolute atomic E-state index is 0.343. The van der Waals surface area contributed by atoms with Gasteiger partial charge in [-0.15, -0.1) is 0 Å². The van der Waals surface area contributed by atoms with Crippen molar-refractivity contribution in [3.8, 4) is 0 Å². The molecule has 0 radical (unpaired) electrons. The summed E-state index contributed by atoms with van der Waals surface area (Å²) in [5, 5.41) is 0. The fraction of sp³-hybridized carbons (Fsp3) is 0.231. The lowest BCUT2D eigenvalue weighted by Crippen LogP contribution is -2.37. The summed E-state index contributed by atoms with van der Waals surface area (Å²) in [6.07, 6.45) is 1.99. The Hall–Kier alpha value is -1.11. The Morgan fingerprint density at radius 2 is 1.79 bits per heavy atom. The Morgan fingerprint density at radius 1 is 1.05 bits per heavy atom. The molecule has 2 heterocycles. The van der Waals surface area contributed by atoms with E-state index in [-0.39, 0.29) is 0 Å². The number of sulfonamides is 1. The zero-order valence-corrected chi connectivity index (χ0v) is 12.6. The molecule has 0 aliphatic carbocycles. The maximum absolute atomic E-state index is 12.5. The molecule has 100 valence electrons. The molecule has 1 aromatic carbocycles. The summed E-state index contributed by atoms with van der Waals surface area (Å²) in [6, 6.07) is 10.7. The van der Waals surface area contributed by atoms with Crippen LogP contribution in [0.15, 0.2) is 52.0 Å². The fourth-order valence-corrected chi connectivity index (χ4v) is 3.92. The van der Waals surface area contributed by atoms with Crippen molar-refractivity contribution >= 4 is 26.0 Å². The molecule has 0 spiro atoms. The van der Waals surface area contributed by atoms with Crippen molar-refractivity contribution in [2.24, 2.45) is 0 Å². The lowest BCUT2D eigenvalue weighted by atomic mass is 10.3. The standard InChI is InChI=1S/C13H13BrN2O2S/c14-11-3-5-13(6-4-11)19(17,18)16-9-8-15-7-1-2-12(15)10-16/h1-7H,8-10H2. The topological polar surface area (TPSA) is 42.3 Å². The molecule has 1 aliphatic rings. The molecule has 0 saturated carbocycles. The summed E-state index contributed by atoms with van der Waals surface area (Å²) >= 11 is 3.31. The predicted octanol–water partition coefficient (Wildman–Crippen LogP) is 2.46. The van der Waals surface area contributed by atoms with Gasteiger partial charge in [-0.3, -0.25) is 0 Å². The van der Waals surface area contributed by atoms with Crippen molar-refractivity contribution in [1.82, 2.24) is 8.87 Å². The third-order valence-electron chi connectivity index (χ3n) is 3.30. The van der Waals surface area contributed by atoms with Gasteiger partial charge < -0.3 is 4.57 Å². The average Bonchev–Trinajstić information content (AvgIpc) is 2.86. The quantitative estimate of drug-likeness (QED) is 0.842. The van der Waals surface area contributed by atoms with E-state index in [4.69, 9.17) is 0 Å². The van der Waals surface area contributed by atoms with E-state index in [1.54, 1.807) is 24.3 Å². The number of halogens is 1. The zero-order valence-electron chi connectivity index (χ0n) is 10.2. The van der Waals surface area contributed by atoms with E-state index in [0.29, 0.717) is 24.5 Å². The lowest BCUT2D eigenvalue weighted by Gasteiger charge is -2.27. The molecule has 1 aliphatic heterocycles. The van der Waals surface area contributed by atoms with E-state index in [1.165, 1.54) is 4.31 Å². The molecule has 0 bridgehead atoms. The third-order valence-corrected chi connectivity index (χ3v) is 5.69. The predicted molar refractivity (Wildman–Crippen MR) is 76.2 cm³/mol. The van der Waals surface area contributed by atoms with Crippen LogP contribution in [-0.4, -0.2) is 23.8 Å². The van der Waals surface area contributed by atoms with Crippen molar-refractivity contribution in [3.63, 3.8) is 0 Å². The van der Waals surface area contributed by atoms with Crippen LogP contribution in [0.4, 0.5) is 0 Å². The molecule has 0 saturated heterocycles. The van der Waals surface area contributed by atoms with Gasteiger partial charge in [0, 0.05) is 29.5 Å². The molecule has 0 atom stereocenters. The van der Waals surface area contributed by atoms with Gasteiger partial charge in [0.15, 0.2) is 0 Å². The Labute approximate surface area is 120 Å². The largest absolute Gasteiger partial charge is 0.349 e. The van der Waals surface area contributed by atoms with Crippen LogP contribution in [0.2, 0.25) is 0 Å². The van der Waals surface area contributed by atoms with Crippen molar-refractivity contribution in [1.29, 1.82) is 0 Å². The van der Waals surface area contributed by atoms with Crippen LogP contribution >= 0.6 is 15.9 Å². The highest BCUT2D eigenvalue weighted by molar-refractivity contribution is 9.10. The van der Waals surface area contributed by atoms with E-state index in [1.807, 2.05) is 18.3 Å². The van der Waals surface area contributed by atoms with Crippen LogP contribution in [0, 0.1) is 0 Å². The minimum atomic E-state index is -3.40. The normalized spacial score (nSPS) is 16.3. The average molecular weight is 341 g/mol. The molecule has 0 N–H and O–H groups in total. The number of aromatic nitrogens is 1. The summed E-state index contributed by atoms with van der Waals surface area (Å²) in [5.41, 5.74) is 1.03. The zero-order chi connectivity index (χ0) is 13.5.